The monoisotopic (exact) mass is 245 g/mol. The molecule has 0 fully saturated rings. The number of anilines is 1. The number of nitrogens with one attached hydrogen (secondary N) is 1. The van der Waals surface area contributed by atoms with E-state index in [0.717, 1.165) is 0 Å². The van der Waals surface area contributed by atoms with Crippen LogP contribution in [-0.4, -0.2) is 4.92 Å². The highest BCUT2D eigenvalue weighted by atomic mass is 79.9. The first-order valence-electron chi connectivity index (χ1n) is 3.47. The van der Waals surface area contributed by atoms with Gasteiger partial charge in [-0.3, -0.25) is 16.0 Å². The zero-order chi connectivity index (χ0) is 10.0. The van der Waals surface area contributed by atoms with Crippen molar-refractivity contribution in [2.24, 2.45) is 5.84 Å². The van der Waals surface area contributed by atoms with Gasteiger partial charge in [0, 0.05) is 16.1 Å². The number of nitrogens with zero attached hydrogens (tertiary/aromatic N) is 1. The van der Waals surface area contributed by atoms with Crippen LogP contribution in [0.4, 0.5) is 11.4 Å². The maximum Gasteiger partial charge on any atom is 0.273 e. The summed E-state index contributed by atoms with van der Waals surface area (Å²) in [6.45, 7) is 1.66. The van der Waals surface area contributed by atoms with Gasteiger partial charge >= 0.3 is 0 Å². The smallest absolute Gasteiger partial charge is 0.273 e. The van der Waals surface area contributed by atoms with Gasteiger partial charge in [-0.25, -0.2) is 0 Å². The number of nitrogens with two attached hydrogens (primary N) is 1. The van der Waals surface area contributed by atoms with E-state index < -0.39 is 4.92 Å². The summed E-state index contributed by atoms with van der Waals surface area (Å²) in [5, 5.41) is 10.5. The molecule has 0 heterocycles. The highest BCUT2D eigenvalue weighted by Gasteiger charge is 2.13. The standard InChI is InChI=1S/C7H8BrN3O2/c1-4-2-6(10-9)5(8)3-7(4)11(12)13/h2-3,10H,9H2,1H3. The molecule has 0 bridgehead atoms. The Kier molecular flexibility index (Phi) is 2.84. The van der Waals surface area contributed by atoms with E-state index in [0.29, 0.717) is 15.7 Å². The molecule has 0 aliphatic carbocycles. The molecule has 5 nitrogen and oxygen atoms in total. The largest absolute Gasteiger partial charge is 0.323 e. The number of nitro benzene ring substituents is 1. The van der Waals surface area contributed by atoms with Gasteiger partial charge in [0.2, 0.25) is 0 Å². The Morgan fingerprint density at radius 3 is 2.69 bits per heavy atom. The Morgan fingerprint density at radius 2 is 2.23 bits per heavy atom. The van der Waals surface area contributed by atoms with Crippen LogP contribution in [0.1, 0.15) is 5.56 Å². The van der Waals surface area contributed by atoms with Crippen LogP contribution in [0, 0.1) is 17.0 Å². The van der Waals surface area contributed by atoms with Gasteiger partial charge in [-0.15, -0.1) is 0 Å². The minimum Gasteiger partial charge on any atom is -0.323 e. The third-order valence-electron chi connectivity index (χ3n) is 1.64. The first-order valence-corrected chi connectivity index (χ1v) is 4.26. The van der Waals surface area contributed by atoms with Crippen molar-refractivity contribution >= 4 is 27.3 Å². The average Bonchev–Trinajstić information content (AvgIpc) is 2.07. The molecule has 1 aromatic rings. The van der Waals surface area contributed by atoms with Crippen molar-refractivity contribution < 1.29 is 4.92 Å². The normalized spacial score (nSPS) is 9.77. The molecule has 0 aromatic heterocycles. The van der Waals surface area contributed by atoms with E-state index in [1.54, 1.807) is 13.0 Å². The van der Waals surface area contributed by atoms with Crippen LogP contribution in [0.2, 0.25) is 0 Å². The molecule has 3 N–H and O–H groups in total. The molecule has 1 aromatic carbocycles. The summed E-state index contributed by atoms with van der Waals surface area (Å²) in [5.74, 6) is 5.20. The molecule has 0 saturated carbocycles. The van der Waals surface area contributed by atoms with E-state index in [1.165, 1.54) is 6.07 Å². The second-order valence-electron chi connectivity index (χ2n) is 2.52. The molecular weight excluding hydrogens is 238 g/mol. The molecule has 1 rings (SSSR count). The lowest BCUT2D eigenvalue weighted by Gasteiger charge is -2.04. The zero-order valence-electron chi connectivity index (χ0n) is 6.87. The lowest BCUT2D eigenvalue weighted by molar-refractivity contribution is -0.385. The van der Waals surface area contributed by atoms with Gasteiger partial charge in [0.15, 0.2) is 0 Å². The number of nitrogen functional groups attached to an aromatic ring is 1. The van der Waals surface area contributed by atoms with Crippen molar-refractivity contribution in [3.63, 3.8) is 0 Å². The van der Waals surface area contributed by atoms with E-state index in [1.807, 2.05) is 0 Å². The number of nitro groups is 1. The van der Waals surface area contributed by atoms with Crippen molar-refractivity contribution in [3.05, 3.63) is 32.3 Å². The quantitative estimate of drug-likeness (QED) is 0.474. The SMILES string of the molecule is Cc1cc(NN)c(Br)cc1[N+](=O)[O-]. The van der Waals surface area contributed by atoms with E-state index in [2.05, 4.69) is 21.4 Å². The number of halogens is 1. The van der Waals surface area contributed by atoms with Gasteiger partial charge in [-0.1, -0.05) is 0 Å². The maximum absolute atomic E-state index is 10.5. The van der Waals surface area contributed by atoms with E-state index in [9.17, 15) is 10.1 Å². The van der Waals surface area contributed by atoms with Gasteiger partial charge in [0.05, 0.1) is 10.6 Å². The fourth-order valence-electron chi connectivity index (χ4n) is 0.978. The van der Waals surface area contributed by atoms with Gasteiger partial charge in [0.25, 0.3) is 5.69 Å². The van der Waals surface area contributed by atoms with E-state index >= 15 is 0 Å². The van der Waals surface area contributed by atoms with Crippen molar-refractivity contribution in [3.8, 4) is 0 Å². The van der Waals surface area contributed by atoms with Crippen molar-refractivity contribution in [2.45, 2.75) is 6.92 Å². The van der Waals surface area contributed by atoms with Crippen LogP contribution in [0.5, 0.6) is 0 Å². The zero-order valence-corrected chi connectivity index (χ0v) is 8.46. The minimum atomic E-state index is -0.430. The number of benzene rings is 1. The number of hydrazine groups is 1. The fraction of sp³-hybridized carbons (Fsp3) is 0.143. The van der Waals surface area contributed by atoms with Crippen LogP contribution < -0.4 is 11.3 Å². The highest BCUT2D eigenvalue weighted by molar-refractivity contribution is 9.10. The first-order chi connectivity index (χ1) is 6.06. The molecule has 0 unspecified atom stereocenters. The summed E-state index contributed by atoms with van der Waals surface area (Å²) in [7, 11) is 0. The summed E-state index contributed by atoms with van der Waals surface area (Å²) in [6, 6.07) is 3.03. The molecule has 0 saturated heterocycles. The Hall–Kier alpha value is -1.14. The van der Waals surface area contributed by atoms with Crippen molar-refractivity contribution in [1.29, 1.82) is 0 Å². The Balaban J connectivity index is 3.28. The highest BCUT2D eigenvalue weighted by Crippen LogP contribution is 2.29. The predicted molar refractivity (Wildman–Crippen MR) is 53.3 cm³/mol. The number of hydrogen-bond acceptors (Lipinski definition) is 4. The van der Waals surface area contributed by atoms with Crippen molar-refractivity contribution in [1.82, 2.24) is 0 Å². The first kappa shape index (κ1) is 9.94. The second kappa shape index (κ2) is 3.71. The summed E-state index contributed by atoms with van der Waals surface area (Å²) < 4.78 is 0.576. The number of hydrogen-bond donors (Lipinski definition) is 2. The average molecular weight is 246 g/mol. The van der Waals surface area contributed by atoms with Gasteiger partial charge in [-0.2, -0.15) is 0 Å². The van der Waals surface area contributed by atoms with Crippen molar-refractivity contribution in [2.75, 3.05) is 5.43 Å². The fourth-order valence-corrected chi connectivity index (χ4v) is 1.42. The van der Waals surface area contributed by atoms with Crippen LogP contribution in [-0.2, 0) is 0 Å². The van der Waals surface area contributed by atoms with Crippen LogP contribution in [0.3, 0.4) is 0 Å². The molecule has 0 aliphatic heterocycles. The summed E-state index contributed by atoms with van der Waals surface area (Å²) in [5.41, 5.74) is 3.71. The topological polar surface area (TPSA) is 81.2 Å². The Morgan fingerprint density at radius 1 is 1.62 bits per heavy atom. The third kappa shape index (κ3) is 1.96. The molecule has 13 heavy (non-hydrogen) atoms. The second-order valence-corrected chi connectivity index (χ2v) is 3.37. The summed E-state index contributed by atoms with van der Waals surface area (Å²) in [4.78, 5) is 10.1. The summed E-state index contributed by atoms with van der Waals surface area (Å²) in [6.07, 6.45) is 0. The Bertz CT molecular complexity index is 354. The summed E-state index contributed by atoms with van der Waals surface area (Å²) >= 11 is 3.16. The molecule has 0 amide bonds. The van der Waals surface area contributed by atoms with E-state index in [-0.39, 0.29) is 5.69 Å². The lowest BCUT2D eigenvalue weighted by atomic mass is 10.2. The van der Waals surface area contributed by atoms with Crippen LogP contribution in [0.25, 0.3) is 0 Å². The number of rotatable bonds is 2. The number of aryl methyl sites for hydroxylation is 1. The van der Waals surface area contributed by atoms with Gasteiger partial charge < -0.3 is 5.43 Å². The molecule has 0 radical (unpaired) electrons. The van der Waals surface area contributed by atoms with Crippen LogP contribution >= 0.6 is 15.9 Å². The molecule has 70 valence electrons. The molecular formula is C7H8BrN3O2. The van der Waals surface area contributed by atoms with E-state index in [4.69, 9.17) is 5.84 Å². The van der Waals surface area contributed by atoms with Gasteiger partial charge in [-0.05, 0) is 28.9 Å². The van der Waals surface area contributed by atoms with Gasteiger partial charge in [0.1, 0.15) is 0 Å². The minimum absolute atomic E-state index is 0.0749. The maximum atomic E-state index is 10.5. The third-order valence-corrected chi connectivity index (χ3v) is 2.29. The molecule has 0 atom stereocenters. The Labute approximate surface area is 83.2 Å². The predicted octanol–water partition coefficient (Wildman–Crippen LogP) is 1.95. The molecule has 0 spiro atoms. The lowest BCUT2D eigenvalue weighted by Crippen LogP contribution is -2.08. The van der Waals surface area contributed by atoms with Crippen LogP contribution in [0.15, 0.2) is 16.6 Å². The molecule has 0 aliphatic rings. The molecule has 6 heteroatoms.